The molecule has 1 atom stereocenters. The van der Waals surface area contributed by atoms with Gasteiger partial charge in [-0.15, -0.1) is 0 Å². The summed E-state index contributed by atoms with van der Waals surface area (Å²) in [4.78, 5) is 24.0. The van der Waals surface area contributed by atoms with Crippen molar-refractivity contribution in [2.24, 2.45) is 7.05 Å². The lowest BCUT2D eigenvalue weighted by molar-refractivity contribution is -0.121. The second-order valence-corrected chi connectivity index (χ2v) is 5.55. The summed E-state index contributed by atoms with van der Waals surface area (Å²) in [7, 11) is 1.95. The van der Waals surface area contributed by atoms with Crippen molar-refractivity contribution >= 4 is 17.5 Å². The van der Waals surface area contributed by atoms with Crippen LogP contribution in [0.4, 0.5) is 5.69 Å². The third-order valence-corrected chi connectivity index (χ3v) is 4.09. The quantitative estimate of drug-likeness (QED) is 0.888. The predicted octanol–water partition coefficient (Wildman–Crippen LogP) is 2.16. The average molecular weight is 297 g/mol. The van der Waals surface area contributed by atoms with Gasteiger partial charge in [-0.1, -0.05) is 18.2 Å². The van der Waals surface area contributed by atoms with E-state index < -0.39 is 0 Å². The highest BCUT2D eigenvalue weighted by atomic mass is 16.2. The highest BCUT2D eigenvalue weighted by molar-refractivity contribution is 6.03. The molecule has 2 heterocycles. The summed E-state index contributed by atoms with van der Waals surface area (Å²) < 4.78 is 1.97. The van der Waals surface area contributed by atoms with Crippen LogP contribution < -0.4 is 10.6 Å². The molecule has 5 nitrogen and oxygen atoms in total. The van der Waals surface area contributed by atoms with Crippen LogP contribution in [0, 0.1) is 0 Å². The van der Waals surface area contributed by atoms with Gasteiger partial charge in [0, 0.05) is 31.0 Å². The van der Waals surface area contributed by atoms with Crippen LogP contribution in [-0.4, -0.2) is 16.4 Å². The van der Waals surface area contributed by atoms with Crippen LogP contribution in [0.25, 0.3) is 0 Å². The average Bonchev–Trinajstić information content (AvgIpc) is 3.05. The minimum Gasteiger partial charge on any atom is -0.353 e. The van der Waals surface area contributed by atoms with E-state index in [4.69, 9.17) is 0 Å². The summed E-state index contributed by atoms with van der Waals surface area (Å²) in [6.07, 6.45) is 2.82. The molecule has 0 aliphatic carbocycles. The number of carbonyl (C=O) groups excluding carboxylic acids is 2. The van der Waals surface area contributed by atoms with E-state index in [0.29, 0.717) is 19.4 Å². The van der Waals surface area contributed by atoms with Crippen molar-refractivity contribution in [2.75, 3.05) is 5.32 Å². The molecule has 1 aliphatic rings. The van der Waals surface area contributed by atoms with E-state index in [9.17, 15) is 9.59 Å². The summed E-state index contributed by atoms with van der Waals surface area (Å²) in [6, 6.07) is 11.6. The molecule has 2 N–H and O–H groups in total. The van der Waals surface area contributed by atoms with Crippen molar-refractivity contribution in [1.82, 2.24) is 9.88 Å². The standard InChI is InChI=1S/C17H19N3O2/c1-20-10-4-5-12(20)11-18-16(21)9-8-14-13-6-2-3-7-15(13)19-17(14)22/h2-7,10,14H,8-9,11H2,1H3,(H,18,21)(H,19,22). The molecule has 0 radical (unpaired) electrons. The van der Waals surface area contributed by atoms with Crippen molar-refractivity contribution in [3.05, 3.63) is 53.9 Å². The SMILES string of the molecule is Cn1cccc1CNC(=O)CCC1C(=O)Nc2ccccc21. The van der Waals surface area contributed by atoms with Crippen molar-refractivity contribution in [2.45, 2.75) is 25.3 Å². The van der Waals surface area contributed by atoms with Gasteiger partial charge in [-0.3, -0.25) is 9.59 Å². The molecule has 114 valence electrons. The lowest BCUT2D eigenvalue weighted by Gasteiger charge is -2.09. The van der Waals surface area contributed by atoms with Gasteiger partial charge in [0.1, 0.15) is 0 Å². The van der Waals surface area contributed by atoms with Gasteiger partial charge in [-0.25, -0.2) is 0 Å². The molecular weight excluding hydrogens is 278 g/mol. The van der Waals surface area contributed by atoms with E-state index in [-0.39, 0.29) is 17.7 Å². The van der Waals surface area contributed by atoms with Crippen LogP contribution >= 0.6 is 0 Å². The lowest BCUT2D eigenvalue weighted by Crippen LogP contribution is -2.24. The van der Waals surface area contributed by atoms with E-state index in [1.54, 1.807) is 0 Å². The van der Waals surface area contributed by atoms with E-state index >= 15 is 0 Å². The zero-order chi connectivity index (χ0) is 15.5. The summed E-state index contributed by atoms with van der Waals surface area (Å²) >= 11 is 0. The molecule has 1 aliphatic heterocycles. The topological polar surface area (TPSA) is 63.1 Å². The van der Waals surface area contributed by atoms with Gasteiger partial charge in [0.2, 0.25) is 11.8 Å². The van der Waals surface area contributed by atoms with Gasteiger partial charge in [0.25, 0.3) is 0 Å². The van der Waals surface area contributed by atoms with Crippen molar-refractivity contribution < 1.29 is 9.59 Å². The number of aromatic nitrogens is 1. The number of rotatable bonds is 5. The Morgan fingerprint density at radius 1 is 1.27 bits per heavy atom. The number of fused-ring (bicyclic) bond motifs is 1. The van der Waals surface area contributed by atoms with Crippen molar-refractivity contribution in [3.8, 4) is 0 Å². The van der Waals surface area contributed by atoms with Gasteiger partial charge in [0.05, 0.1) is 12.5 Å². The van der Waals surface area contributed by atoms with E-state index in [1.165, 1.54) is 0 Å². The Morgan fingerprint density at radius 3 is 2.86 bits per heavy atom. The summed E-state index contributed by atoms with van der Waals surface area (Å²) in [6.45, 7) is 0.510. The molecule has 0 saturated carbocycles. The van der Waals surface area contributed by atoms with Crippen LogP contribution in [0.1, 0.15) is 30.0 Å². The normalized spacial score (nSPS) is 16.2. The Bertz CT molecular complexity index is 705. The third kappa shape index (κ3) is 2.88. The summed E-state index contributed by atoms with van der Waals surface area (Å²) in [5, 5.41) is 5.76. The molecule has 0 bridgehead atoms. The summed E-state index contributed by atoms with van der Waals surface area (Å²) in [5.41, 5.74) is 2.90. The molecule has 1 aromatic carbocycles. The zero-order valence-corrected chi connectivity index (χ0v) is 12.5. The van der Waals surface area contributed by atoms with Gasteiger partial charge >= 0.3 is 0 Å². The number of nitrogens with zero attached hydrogens (tertiary/aromatic N) is 1. The minimum atomic E-state index is -0.225. The van der Waals surface area contributed by atoms with Crippen LogP contribution in [0.3, 0.4) is 0 Å². The molecule has 1 unspecified atom stereocenters. The minimum absolute atomic E-state index is 0.0172. The van der Waals surface area contributed by atoms with Gasteiger partial charge in [0.15, 0.2) is 0 Å². The Hall–Kier alpha value is -2.56. The third-order valence-electron chi connectivity index (χ3n) is 4.09. The van der Waals surface area contributed by atoms with Gasteiger partial charge in [-0.2, -0.15) is 0 Å². The number of amides is 2. The molecule has 0 saturated heterocycles. The molecule has 2 aromatic rings. The first kappa shape index (κ1) is 14.4. The fourth-order valence-electron chi connectivity index (χ4n) is 2.80. The Kier molecular flexibility index (Phi) is 3.96. The Balaban J connectivity index is 1.53. The number of nitrogens with one attached hydrogen (secondary N) is 2. The zero-order valence-electron chi connectivity index (χ0n) is 12.5. The maximum atomic E-state index is 12.0. The Morgan fingerprint density at radius 2 is 2.09 bits per heavy atom. The molecular formula is C17H19N3O2. The maximum absolute atomic E-state index is 12.0. The Labute approximate surface area is 129 Å². The lowest BCUT2D eigenvalue weighted by atomic mass is 9.95. The largest absolute Gasteiger partial charge is 0.353 e. The smallest absolute Gasteiger partial charge is 0.232 e. The van der Waals surface area contributed by atoms with Crippen molar-refractivity contribution in [1.29, 1.82) is 0 Å². The molecule has 3 rings (SSSR count). The first-order valence-corrected chi connectivity index (χ1v) is 7.42. The highest BCUT2D eigenvalue weighted by Gasteiger charge is 2.30. The second-order valence-electron chi connectivity index (χ2n) is 5.55. The number of para-hydroxylation sites is 1. The second kappa shape index (κ2) is 6.05. The number of hydrogen-bond acceptors (Lipinski definition) is 2. The fraction of sp³-hybridized carbons (Fsp3) is 0.294. The van der Waals surface area contributed by atoms with E-state index in [0.717, 1.165) is 16.9 Å². The number of benzene rings is 1. The van der Waals surface area contributed by atoms with E-state index in [1.807, 2.05) is 54.2 Å². The number of carbonyl (C=O) groups is 2. The first-order chi connectivity index (χ1) is 10.6. The van der Waals surface area contributed by atoms with E-state index in [2.05, 4.69) is 10.6 Å². The first-order valence-electron chi connectivity index (χ1n) is 7.42. The molecule has 0 spiro atoms. The monoisotopic (exact) mass is 297 g/mol. The fourth-order valence-corrected chi connectivity index (χ4v) is 2.80. The van der Waals surface area contributed by atoms with Crippen LogP contribution in [0.5, 0.6) is 0 Å². The molecule has 5 heteroatoms. The van der Waals surface area contributed by atoms with Gasteiger partial charge in [-0.05, 0) is 30.2 Å². The molecule has 2 amide bonds. The van der Waals surface area contributed by atoms with Crippen LogP contribution in [0.2, 0.25) is 0 Å². The molecule has 22 heavy (non-hydrogen) atoms. The maximum Gasteiger partial charge on any atom is 0.232 e. The van der Waals surface area contributed by atoms with Crippen molar-refractivity contribution in [3.63, 3.8) is 0 Å². The van der Waals surface area contributed by atoms with Crippen LogP contribution in [0.15, 0.2) is 42.6 Å². The molecule has 1 aromatic heterocycles. The highest BCUT2D eigenvalue weighted by Crippen LogP contribution is 2.34. The number of hydrogen-bond donors (Lipinski definition) is 2. The van der Waals surface area contributed by atoms with Crippen LogP contribution in [-0.2, 0) is 23.2 Å². The van der Waals surface area contributed by atoms with Gasteiger partial charge < -0.3 is 15.2 Å². The number of anilines is 1. The molecule has 0 fully saturated rings. The summed E-state index contributed by atoms with van der Waals surface area (Å²) in [5.74, 6) is -0.271. The predicted molar refractivity (Wildman–Crippen MR) is 84.3 cm³/mol. The number of aryl methyl sites for hydroxylation is 1.